The average Bonchev–Trinajstić information content (AvgIpc) is 2.67. The van der Waals surface area contributed by atoms with Crippen LogP contribution in [0.15, 0.2) is 60.0 Å². The molecular weight excluding hydrogens is 308 g/mol. The molecule has 2 heteroatoms. The molecular formula is C23H24O2. The van der Waals surface area contributed by atoms with Crippen LogP contribution in [0.2, 0.25) is 0 Å². The predicted molar refractivity (Wildman–Crippen MR) is 102 cm³/mol. The van der Waals surface area contributed by atoms with Crippen LogP contribution in [-0.2, 0) is 22.3 Å². The van der Waals surface area contributed by atoms with Crippen molar-refractivity contribution in [2.75, 3.05) is 13.2 Å². The fourth-order valence-electron chi connectivity index (χ4n) is 3.51. The molecule has 0 radical (unpaired) electrons. The molecule has 0 spiro atoms. The molecule has 0 unspecified atom stereocenters. The first kappa shape index (κ1) is 16.0. The summed E-state index contributed by atoms with van der Waals surface area (Å²) in [6, 6.07) is 17.1. The minimum absolute atomic E-state index is 0.720. The normalized spacial score (nSPS) is 15.5. The lowest BCUT2D eigenvalue weighted by atomic mass is 9.96. The van der Waals surface area contributed by atoms with E-state index in [2.05, 4.69) is 60.7 Å². The van der Waals surface area contributed by atoms with Gasteiger partial charge in [0.2, 0.25) is 0 Å². The second-order valence-electron chi connectivity index (χ2n) is 6.67. The highest BCUT2D eigenvalue weighted by molar-refractivity contribution is 5.58. The van der Waals surface area contributed by atoms with E-state index in [1.807, 2.05) is 0 Å². The van der Waals surface area contributed by atoms with Gasteiger partial charge in [0.1, 0.15) is 0 Å². The van der Waals surface area contributed by atoms with Crippen LogP contribution in [-0.4, -0.2) is 13.2 Å². The summed E-state index contributed by atoms with van der Waals surface area (Å²) in [6.45, 7) is 1.44. The van der Waals surface area contributed by atoms with Crippen LogP contribution in [0.25, 0.3) is 12.2 Å². The van der Waals surface area contributed by atoms with Gasteiger partial charge in [-0.1, -0.05) is 48.5 Å². The van der Waals surface area contributed by atoms with Gasteiger partial charge in [0.05, 0.1) is 24.7 Å². The van der Waals surface area contributed by atoms with Crippen LogP contribution in [0.3, 0.4) is 0 Å². The molecule has 0 aromatic heterocycles. The van der Waals surface area contributed by atoms with Crippen LogP contribution in [0.4, 0.5) is 0 Å². The number of allylic oxidation sites excluding steroid dienone is 2. The zero-order chi connectivity index (χ0) is 16.9. The number of rotatable bonds is 6. The van der Waals surface area contributed by atoms with E-state index in [1.54, 1.807) is 0 Å². The number of fused-ring (bicyclic) bond motifs is 2. The SMILES string of the molecule is C1=C(OCCCOC2=Cc3ccccc3CC2)CCc2ccccc21. The van der Waals surface area contributed by atoms with E-state index in [9.17, 15) is 0 Å². The van der Waals surface area contributed by atoms with Gasteiger partial charge in [-0.15, -0.1) is 0 Å². The minimum Gasteiger partial charge on any atom is -0.498 e. The smallest absolute Gasteiger partial charge is 0.0969 e. The first-order chi connectivity index (χ1) is 12.4. The summed E-state index contributed by atoms with van der Waals surface area (Å²) < 4.78 is 11.9. The maximum atomic E-state index is 5.95. The first-order valence-electron chi connectivity index (χ1n) is 9.21. The highest BCUT2D eigenvalue weighted by atomic mass is 16.5. The summed E-state index contributed by atoms with van der Waals surface area (Å²) >= 11 is 0. The number of aryl methyl sites for hydroxylation is 2. The summed E-state index contributed by atoms with van der Waals surface area (Å²) in [5.41, 5.74) is 5.43. The van der Waals surface area contributed by atoms with E-state index >= 15 is 0 Å². The first-order valence-corrected chi connectivity index (χ1v) is 9.21. The Labute approximate surface area is 149 Å². The Kier molecular flexibility index (Phi) is 4.87. The zero-order valence-electron chi connectivity index (χ0n) is 14.5. The highest BCUT2D eigenvalue weighted by Crippen LogP contribution is 2.25. The van der Waals surface area contributed by atoms with Gasteiger partial charge in [0.25, 0.3) is 0 Å². The lowest BCUT2D eigenvalue weighted by Crippen LogP contribution is -2.07. The van der Waals surface area contributed by atoms with Gasteiger partial charge in [-0.05, 0) is 47.2 Å². The summed E-state index contributed by atoms with van der Waals surface area (Å²) in [7, 11) is 0. The number of benzene rings is 2. The van der Waals surface area contributed by atoms with Gasteiger partial charge < -0.3 is 9.47 Å². The topological polar surface area (TPSA) is 18.5 Å². The Morgan fingerprint density at radius 1 is 0.600 bits per heavy atom. The van der Waals surface area contributed by atoms with Crippen LogP contribution in [0.1, 0.15) is 41.5 Å². The van der Waals surface area contributed by atoms with Crippen molar-refractivity contribution in [1.82, 2.24) is 0 Å². The summed E-state index contributed by atoms with van der Waals surface area (Å²) in [6.07, 6.45) is 9.42. The molecule has 0 heterocycles. The molecule has 25 heavy (non-hydrogen) atoms. The Morgan fingerprint density at radius 2 is 1.08 bits per heavy atom. The quantitative estimate of drug-likeness (QED) is 0.661. The molecule has 2 nitrogen and oxygen atoms in total. The molecule has 0 bridgehead atoms. The second kappa shape index (κ2) is 7.60. The van der Waals surface area contributed by atoms with Crippen LogP contribution in [0, 0.1) is 0 Å². The molecule has 0 amide bonds. The molecule has 2 aromatic rings. The lowest BCUT2D eigenvalue weighted by molar-refractivity contribution is 0.146. The van der Waals surface area contributed by atoms with Gasteiger partial charge >= 0.3 is 0 Å². The lowest BCUT2D eigenvalue weighted by Gasteiger charge is -2.19. The van der Waals surface area contributed by atoms with Crippen molar-refractivity contribution in [2.24, 2.45) is 0 Å². The van der Waals surface area contributed by atoms with Crippen LogP contribution in [0.5, 0.6) is 0 Å². The molecule has 0 atom stereocenters. The third-order valence-corrected chi connectivity index (χ3v) is 4.89. The van der Waals surface area contributed by atoms with Crippen molar-refractivity contribution < 1.29 is 9.47 Å². The monoisotopic (exact) mass is 332 g/mol. The summed E-state index contributed by atoms with van der Waals surface area (Å²) in [4.78, 5) is 0. The van der Waals surface area contributed by atoms with Crippen molar-refractivity contribution >= 4 is 12.2 Å². The minimum atomic E-state index is 0.720. The van der Waals surface area contributed by atoms with E-state index in [0.29, 0.717) is 0 Å². The Bertz CT molecular complexity index is 734. The van der Waals surface area contributed by atoms with E-state index in [4.69, 9.17) is 9.47 Å². The molecule has 128 valence electrons. The maximum Gasteiger partial charge on any atom is 0.0969 e. The molecule has 2 aromatic carbocycles. The van der Waals surface area contributed by atoms with Crippen molar-refractivity contribution in [3.05, 3.63) is 82.3 Å². The van der Waals surface area contributed by atoms with E-state index in [-0.39, 0.29) is 0 Å². The molecule has 0 saturated heterocycles. The Morgan fingerprint density at radius 3 is 1.60 bits per heavy atom. The zero-order valence-corrected chi connectivity index (χ0v) is 14.5. The fourth-order valence-corrected chi connectivity index (χ4v) is 3.51. The Balaban J connectivity index is 1.22. The molecule has 4 rings (SSSR count). The average molecular weight is 332 g/mol. The van der Waals surface area contributed by atoms with Gasteiger partial charge in [-0.2, -0.15) is 0 Å². The Hall–Kier alpha value is -2.48. The molecule has 2 aliphatic rings. The highest BCUT2D eigenvalue weighted by Gasteiger charge is 2.12. The third-order valence-electron chi connectivity index (χ3n) is 4.89. The van der Waals surface area contributed by atoms with E-state index in [1.165, 1.54) is 22.3 Å². The number of hydrogen-bond acceptors (Lipinski definition) is 2. The summed E-state index contributed by atoms with van der Waals surface area (Å²) in [5, 5.41) is 0. The van der Waals surface area contributed by atoms with Gasteiger partial charge in [0, 0.05) is 19.3 Å². The molecule has 2 aliphatic carbocycles. The fraction of sp³-hybridized carbons (Fsp3) is 0.304. The van der Waals surface area contributed by atoms with Gasteiger partial charge in [0.15, 0.2) is 0 Å². The third kappa shape index (κ3) is 3.96. The summed E-state index contributed by atoms with van der Waals surface area (Å²) in [5.74, 6) is 2.20. The number of ether oxygens (including phenoxy) is 2. The molecule has 0 fully saturated rings. The second-order valence-corrected chi connectivity index (χ2v) is 6.67. The van der Waals surface area contributed by atoms with Crippen molar-refractivity contribution in [1.29, 1.82) is 0 Å². The van der Waals surface area contributed by atoms with Gasteiger partial charge in [-0.25, -0.2) is 0 Å². The van der Waals surface area contributed by atoms with Crippen LogP contribution >= 0.6 is 0 Å². The standard InChI is InChI=1S/C23H24O2/c1-3-8-20-16-22(12-10-18(20)6-1)24-14-5-15-25-23-13-11-19-7-2-4-9-21(19)17-23/h1-4,6-9,16-17H,5,10-15H2. The van der Waals surface area contributed by atoms with Crippen molar-refractivity contribution in [3.63, 3.8) is 0 Å². The molecule has 0 N–H and O–H groups in total. The van der Waals surface area contributed by atoms with E-state index < -0.39 is 0 Å². The van der Waals surface area contributed by atoms with E-state index in [0.717, 1.165) is 56.8 Å². The maximum absolute atomic E-state index is 5.95. The van der Waals surface area contributed by atoms with Crippen molar-refractivity contribution in [3.8, 4) is 0 Å². The molecule has 0 aliphatic heterocycles. The number of hydrogen-bond donors (Lipinski definition) is 0. The molecule has 0 saturated carbocycles. The van der Waals surface area contributed by atoms with Crippen molar-refractivity contribution in [2.45, 2.75) is 32.1 Å². The largest absolute Gasteiger partial charge is 0.498 e. The predicted octanol–water partition coefficient (Wildman–Crippen LogP) is 5.38. The van der Waals surface area contributed by atoms with Crippen LogP contribution < -0.4 is 0 Å². The van der Waals surface area contributed by atoms with Gasteiger partial charge in [-0.3, -0.25) is 0 Å².